The molecular formula is C25H24N4O3. The minimum atomic E-state index is -0.241. The predicted octanol–water partition coefficient (Wildman–Crippen LogP) is 3.85. The summed E-state index contributed by atoms with van der Waals surface area (Å²) >= 11 is 0. The van der Waals surface area contributed by atoms with Gasteiger partial charge in [-0.2, -0.15) is 5.10 Å². The van der Waals surface area contributed by atoms with E-state index in [0.29, 0.717) is 23.9 Å². The van der Waals surface area contributed by atoms with E-state index in [4.69, 9.17) is 9.47 Å². The van der Waals surface area contributed by atoms with Crippen LogP contribution in [0.4, 0.5) is 0 Å². The molecule has 4 aromatic rings. The number of imidazole rings is 1. The minimum Gasteiger partial charge on any atom is -0.493 e. The standard InChI is InChI=1S/C25H24N4O3/c1-29-21-11-7-6-10-20(21)27-24(29)15-25(30)28-26-16-19-12-13-22(23(14-19)31-2)32-17-18-8-4-3-5-9-18/h3-14,16H,15,17H2,1-2H3,(H,28,30)/b26-16+. The number of nitrogens with one attached hydrogen (secondary N) is 1. The highest BCUT2D eigenvalue weighted by atomic mass is 16.5. The van der Waals surface area contributed by atoms with E-state index in [2.05, 4.69) is 15.5 Å². The highest BCUT2D eigenvalue weighted by Crippen LogP contribution is 2.28. The van der Waals surface area contributed by atoms with Crippen molar-refractivity contribution in [2.24, 2.45) is 12.1 Å². The van der Waals surface area contributed by atoms with Crippen LogP contribution in [0.2, 0.25) is 0 Å². The number of nitrogens with zero attached hydrogens (tertiary/aromatic N) is 3. The Labute approximate surface area is 186 Å². The fraction of sp³-hybridized carbons (Fsp3) is 0.160. The zero-order chi connectivity index (χ0) is 22.3. The summed E-state index contributed by atoms with van der Waals surface area (Å²) in [6, 6.07) is 23.2. The molecule has 3 aromatic carbocycles. The average Bonchev–Trinajstić information content (AvgIpc) is 3.14. The van der Waals surface area contributed by atoms with Crippen LogP contribution < -0.4 is 14.9 Å². The number of fused-ring (bicyclic) bond motifs is 1. The van der Waals surface area contributed by atoms with Crippen LogP contribution in [0.15, 0.2) is 77.9 Å². The Kier molecular flexibility index (Phi) is 6.46. The number of carbonyl (C=O) groups excluding carboxylic acids is 1. The summed E-state index contributed by atoms with van der Waals surface area (Å²) in [6.45, 7) is 0.447. The topological polar surface area (TPSA) is 77.7 Å². The molecule has 7 heteroatoms. The highest BCUT2D eigenvalue weighted by molar-refractivity contribution is 5.84. The third-order valence-electron chi connectivity index (χ3n) is 5.03. The van der Waals surface area contributed by atoms with Gasteiger partial charge in [-0.25, -0.2) is 10.4 Å². The van der Waals surface area contributed by atoms with Crippen LogP contribution in [0.25, 0.3) is 11.0 Å². The summed E-state index contributed by atoms with van der Waals surface area (Å²) in [5.74, 6) is 1.67. The molecule has 0 atom stereocenters. The molecule has 0 unspecified atom stereocenters. The van der Waals surface area contributed by atoms with Crippen molar-refractivity contribution in [3.63, 3.8) is 0 Å². The van der Waals surface area contributed by atoms with Crippen LogP contribution in [-0.2, 0) is 24.9 Å². The lowest BCUT2D eigenvalue weighted by Crippen LogP contribution is -2.21. The number of carbonyl (C=O) groups is 1. The van der Waals surface area contributed by atoms with Crippen LogP contribution >= 0.6 is 0 Å². The Morgan fingerprint density at radius 3 is 2.62 bits per heavy atom. The van der Waals surface area contributed by atoms with Crippen molar-refractivity contribution in [3.05, 3.63) is 89.7 Å². The first kappa shape index (κ1) is 21.1. The molecule has 32 heavy (non-hydrogen) atoms. The number of hydrogen-bond donors (Lipinski definition) is 1. The first-order chi connectivity index (χ1) is 15.6. The summed E-state index contributed by atoms with van der Waals surface area (Å²) in [5, 5.41) is 4.06. The molecule has 1 heterocycles. The minimum absolute atomic E-state index is 0.137. The number of methoxy groups -OCH3 is 1. The summed E-state index contributed by atoms with van der Waals surface area (Å²) in [5.41, 5.74) is 6.25. The molecule has 0 saturated carbocycles. The Balaban J connectivity index is 1.36. The van der Waals surface area contributed by atoms with Gasteiger partial charge in [-0.15, -0.1) is 0 Å². The molecule has 1 N–H and O–H groups in total. The van der Waals surface area contributed by atoms with Crippen molar-refractivity contribution >= 4 is 23.2 Å². The molecule has 4 rings (SSSR count). The summed E-state index contributed by atoms with van der Waals surface area (Å²) < 4.78 is 13.2. The number of para-hydroxylation sites is 2. The molecule has 0 spiro atoms. The Hall–Kier alpha value is -4.13. The van der Waals surface area contributed by atoms with E-state index >= 15 is 0 Å². The van der Waals surface area contributed by atoms with Crippen LogP contribution in [-0.4, -0.2) is 28.8 Å². The van der Waals surface area contributed by atoms with Crippen LogP contribution in [0.1, 0.15) is 17.0 Å². The van der Waals surface area contributed by atoms with E-state index in [1.807, 2.05) is 78.3 Å². The molecule has 0 aliphatic carbocycles. The average molecular weight is 428 g/mol. The van der Waals surface area contributed by atoms with Gasteiger partial charge in [0, 0.05) is 7.05 Å². The zero-order valence-corrected chi connectivity index (χ0v) is 18.0. The third kappa shape index (κ3) is 4.95. The summed E-state index contributed by atoms with van der Waals surface area (Å²) in [6.07, 6.45) is 1.70. The van der Waals surface area contributed by atoms with E-state index in [-0.39, 0.29) is 12.3 Å². The van der Waals surface area contributed by atoms with Crippen molar-refractivity contribution in [2.75, 3.05) is 7.11 Å². The second-order valence-electron chi connectivity index (χ2n) is 7.23. The maximum absolute atomic E-state index is 12.3. The van der Waals surface area contributed by atoms with Crippen molar-refractivity contribution in [1.82, 2.24) is 15.0 Å². The number of rotatable bonds is 8. The normalized spacial score (nSPS) is 11.1. The van der Waals surface area contributed by atoms with Gasteiger partial charge in [0.25, 0.3) is 0 Å². The van der Waals surface area contributed by atoms with Gasteiger partial charge in [0.05, 0.1) is 30.8 Å². The number of hydrogen-bond acceptors (Lipinski definition) is 5. The maximum atomic E-state index is 12.3. The summed E-state index contributed by atoms with van der Waals surface area (Å²) in [7, 11) is 3.49. The van der Waals surface area contributed by atoms with Crippen molar-refractivity contribution in [2.45, 2.75) is 13.0 Å². The molecule has 7 nitrogen and oxygen atoms in total. The molecule has 0 saturated heterocycles. The van der Waals surface area contributed by atoms with Gasteiger partial charge in [-0.3, -0.25) is 4.79 Å². The Bertz CT molecular complexity index is 1250. The van der Waals surface area contributed by atoms with Crippen molar-refractivity contribution < 1.29 is 14.3 Å². The Morgan fingerprint density at radius 1 is 1.06 bits per heavy atom. The van der Waals surface area contributed by atoms with E-state index in [1.54, 1.807) is 19.4 Å². The molecule has 162 valence electrons. The van der Waals surface area contributed by atoms with Crippen LogP contribution in [0, 0.1) is 0 Å². The number of aromatic nitrogens is 2. The fourth-order valence-electron chi connectivity index (χ4n) is 3.33. The molecule has 0 bridgehead atoms. The third-order valence-corrected chi connectivity index (χ3v) is 5.03. The van der Waals surface area contributed by atoms with Gasteiger partial charge < -0.3 is 14.0 Å². The van der Waals surface area contributed by atoms with E-state index in [9.17, 15) is 4.79 Å². The van der Waals surface area contributed by atoms with Gasteiger partial charge in [-0.1, -0.05) is 42.5 Å². The van der Waals surface area contributed by atoms with Crippen molar-refractivity contribution in [3.8, 4) is 11.5 Å². The van der Waals surface area contributed by atoms with E-state index in [1.165, 1.54) is 0 Å². The fourth-order valence-corrected chi connectivity index (χ4v) is 3.33. The molecule has 0 fully saturated rings. The Morgan fingerprint density at radius 2 is 1.84 bits per heavy atom. The van der Waals surface area contributed by atoms with Gasteiger partial charge in [0.2, 0.25) is 5.91 Å². The number of aryl methyl sites for hydroxylation is 1. The molecule has 0 aliphatic rings. The molecule has 1 aromatic heterocycles. The zero-order valence-electron chi connectivity index (χ0n) is 18.0. The van der Waals surface area contributed by atoms with Gasteiger partial charge in [0.15, 0.2) is 11.5 Å². The van der Waals surface area contributed by atoms with Crippen molar-refractivity contribution in [1.29, 1.82) is 0 Å². The van der Waals surface area contributed by atoms with Gasteiger partial charge in [-0.05, 0) is 41.5 Å². The van der Waals surface area contributed by atoms with Crippen LogP contribution in [0.5, 0.6) is 11.5 Å². The number of benzene rings is 3. The number of hydrazone groups is 1. The number of ether oxygens (including phenoxy) is 2. The molecular weight excluding hydrogens is 404 g/mol. The van der Waals surface area contributed by atoms with Gasteiger partial charge in [0.1, 0.15) is 12.4 Å². The number of amides is 1. The second kappa shape index (κ2) is 9.78. The first-order valence-electron chi connectivity index (χ1n) is 10.2. The molecule has 0 aliphatic heterocycles. The quantitative estimate of drug-likeness (QED) is 0.342. The lowest BCUT2D eigenvalue weighted by atomic mass is 10.2. The van der Waals surface area contributed by atoms with E-state index < -0.39 is 0 Å². The largest absolute Gasteiger partial charge is 0.493 e. The lowest BCUT2D eigenvalue weighted by molar-refractivity contribution is -0.120. The van der Waals surface area contributed by atoms with Crippen LogP contribution in [0.3, 0.4) is 0 Å². The predicted molar refractivity (Wildman–Crippen MR) is 124 cm³/mol. The first-order valence-corrected chi connectivity index (χ1v) is 10.2. The van der Waals surface area contributed by atoms with E-state index in [0.717, 1.165) is 22.2 Å². The maximum Gasteiger partial charge on any atom is 0.247 e. The van der Waals surface area contributed by atoms with Gasteiger partial charge >= 0.3 is 0 Å². The molecule has 1 amide bonds. The SMILES string of the molecule is COc1cc(/C=N/NC(=O)Cc2nc3ccccc3n2C)ccc1OCc1ccccc1. The smallest absolute Gasteiger partial charge is 0.247 e. The highest BCUT2D eigenvalue weighted by Gasteiger charge is 2.11. The molecule has 0 radical (unpaired) electrons. The summed E-state index contributed by atoms with van der Waals surface area (Å²) in [4.78, 5) is 16.8. The lowest BCUT2D eigenvalue weighted by Gasteiger charge is -2.11. The second-order valence-corrected chi connectivity index (χ2v) is 7.23. The monoisotopic (exact) mass is 428 g/mol.